The Hall–Kier alpha value is -4.00. The van der Waals surface area contributed by atoms with Gasteiger partial charge in [-0.2, -0.15) is 0 Å². The Balaban J connectivity index is 1.65. The van der Waals surface area contributed by atoms with Crippen molar-refractivity contribution >= 4 is 30.1 Å². The second-order valence-corrected chi connectivity index (χ2v) is 10.8. The molecule has 0 radical (unpaired) electrons. The maximum Gasteiger partial charge on any atom is 0.258 e. The molecule has 0 saturated heterocycles. The number of para-hydroxylation sites is 1. The Kier molecular flexibility index (Phi) is 7.66. The number of carbonyl (C=O) groups excluding carboxylic acids is 1. The maximum absolute atomic E-state index is 14.1. The molecule has 0 bridgehead atoms. The number of carbonyl (C=O) groups is 1. The van der Waals surface area contributed by atoms with E-state index in [2.05, 4.69) is 84.9 Å². The highest BCUT2D eigenvalue weighted by Crippen LogP contribution is 2.42. The minimum atomic E-state index is -0.724. The second kappa shape index (κ2) is 11.6. The number of hydrogen-bond acceptors (Lipinski definition) is 1. The van der Waals surface area contributed by atoms with Gasteiger partial charge in [0, 0.05) is 17.4 Å². The first-order valence-corrected chi connectivity index (χ1v) is 13.7. The summed E-state index contributed by atoms with van der Waals surface area (Å²) in [6.07, 6.45) is 0.806. The Bertz CT molecular complexity index is 1320. The van der Waals surface area contributed by atoms with Crippen LogP contribution >= 0.6 is 7.92 Å². The van der Waals surface area contributed by atoms with Crippen LogP contribution in [0.4, 0.5) is 5.69 Å². The zero-order chi connectivity index (χ0) is 24.6. The van der Waals surface area contributed by atoms with E-state index in [4.69, 9.17) is 0 Å². The highest BCUT2D eigenvalue weighted by Gasteiger charge is 2.31. The Morgan fingerprint density at radius 2 is 0.972 bits per heavy atom. The van der Waals surface area contributed by atoms with Crippen LogP contribution in [0.2, 0.25) is 0 Å². The van der Waals surface area contributed by atoms with Gasteiger partial charge in [-0.1, -0.05) is 127 Å². The van der Waals surface area contributed by atoms with Crippen molar-refractivity contribution < 1.29 is 4.79 Å². The number of amides is 1. The zero-order valence-corrected chi connectivity index (χ0v) is 20.9. The normalized spacial score (nSPS) is 11.7. The third-order valence-electron chi connectivity index (χ3n) is 6.26. The van der Waals surface area contributed by atoms with Gasteiger partial charge in [-0.3, -0.25) is 4.79 Å². The third-order valence-corrected chi connectivity index (χ3v) is 8.82. The van der Waals surface area contributed by atoms with Crippen molar-refractivity contribution in [1.82, 2.24) is 0 Å². The number of hydrogen-bond donors (Lipinski definition) is 0. The SMILES string of the molecule is O=C(c1ccccc1)N(c1ccccc1)C(CP(c1ccccc1)c1ccccc1)c1ccccc1. The van der Waals surface area contributed by atoms with Crippen LogP contribution in [0, 0.1) is 0 Å². The quantitative estimate of drug-likeness (QED) is 0.213. The fourth-order valence-electron chi connectivity index (χ4n) is 4.51. The highest BCUT2D eigenvalue weighted by molar-refractivity contribution is 7.73. The summed E-state index contributed by atoms with van der Waals surface area (Å²) in [6, 6.07) is 51.4. The molecule has 1 amide bonds. The molecule has 2 nitrogen and oxygen atoms in total. The van der Waals surface area contributed by atoms with E-state index in [-0.39, 0.29) is 11.9 Å². The lowest BCUT2D eigenvalue weighted by Crippen LogP contribution is -2.37. The minimum Gasteiger partial charge on any atom is -0.300 e. The molecule has 0 saturated carbocycles. The lowest BCUT2D eigenvalue weighted by atomic mass is 10.0. The topological polar surface area (TPSA) is 20.3 Å². The standard InChI is InChI=1S/C33H28NOP/c35-33(28-18-8-2-9-19-28)34(29-20-10-3-11-21-29)32(27-16-6-1-7-17-27)26-36(30-22-12-4-13-23-30)31-24-14-5-15-25-31/h1-25,32H,26H2. The molecule has 36 heavy (non-hydrogen) atoms. The molecule has 1 unspecified atom stereocenters. The van der Waals surface area contributed by atoms with E-state index in [9.17, 15) is 4.79 Å². The molecule has 3 heteroatoms. The first-order valence-electron chi connectivity index (χ1n) is 12.2. The number of benzene rings is 5. The van der Waals surface area contributed by atoms with E-state index in [1.807, 2.05) is 71.6 Å². The van der Waals surface area contributed by atoms with Gasteiger partial charge in [0.1, 0.15) is 0 Å². The molecule has 5 aromatic rings. The monoisotopic (exact) mass is 485 g/mol. The van der Waals surface area contributed by atoms with Gasteiger partial charge in [0.15, 0.2) is 0 Å². The molecule has 0 aliphatic carbocycles. The van der Waals surface area contributed by atoms with E-state index in [0.29, 0.717) is 5.56 Å². The Labute approximate surface area is 214 Å². The van der Waals surface area contributed by atoms with Crippen LogP contribution < -0.4 is 15.5 Å². The van der Waals surface area contributed by atoms with Crippen molar-refractivity contribution in [2.45, 2.75) is 6.04 Å². The molecular formula is C33H28NOP. The van der Waals surface area contributed by atoms with Gasteiger partial charge < -0.3 is 4.90 Å². The first kappa shape index (κ1) is 23.7. The summed E-state index contributed by atoms with van der Waals surface area (Å²) in [7, 11) is -0.724. The first-order chi connectivity index (χ1) is 17.8. The molecule has 0 N–H and O–H groups in total. The second-order valence-electron chi connectivity index (χ2n) is 8.58. The third kappa shape index (κ3) is 5.46. The fourth-order valence-corrected chi connectivity index (χ4v) is 7.01. The van der Waals surface area contributed by atoms with E-state index < -0.39 is 7.92 Å². The lowest BCUT2D eigenvalue weighted by molar-refractivity contribution is 0.0978. The van der Waals surface area contributed by atoms with Gasteiger partial charge in [-0.15, -0.1) is 0 Å². The average Bonchev–Trinajstić information content (AvgIpc) is 2.97. The molecule has 5 rings (SSSR count). The van der Waals surface area contributed by atoms with Crippen LogP contribution in [0.15, 0.2) is 152 Å². The Morgan fingerprint density at radius 3 is 1.47 bits per heavy atom. The van der Waals surface area contributed by atoms with Crippen LogP contribution in [0.25, 0.3) is 0 Å². The molecule has 5 aromatic carbocycles. The van der Waals surface area contributed by atoms with E-state index in [1.165, 1.54) is 10.6 Å². The summed E-state index contributed by atoms with van der Waals surface area (Å²) in [5.41, 5.74) is 2.72. The summed E-state index contributed by atoms with van der Waals surface area (Å²) in [6.45, 7) is 0. The largest absolute Gasteiger partial charge is 0.300 e. The summed E-state index contributed by atoms with van der Waals surface area (Å²) in [5.74, 6) is 0.00623. The van der Waals surface area contributed by atoms with Crippen molar-refractivity contribution in [3.05, 3.63) is 163 Å². The van der Waals surface area contributed by atoms with E-state index >= 15 is 0 Å². The van der Waals surface area contributed by atoms with Crippen LogP contribution in [-0.4, -0.2) is 12.1 Å². The van der Waals surface area contributed by atoms with Crippen molar-refractivity contribution in [3.63, 3.8) is 0 Å². The molecule has 1 atom stereocenters. The summed E-state index contributed by atoms with van der Waals surface area (Å²) >= 11 is 0. The van der Waals surface area contributed by atoms with Crippen LogP contribution in [0.5, 0.6) is 0 Å². The lowest BCUT2D eigenvalue weighted by Gasteiger charge is -2.35. The number of rotatable bonds is 8. The Morgan fingerprint density at radius 1 is 0.556 bits per heavy atom. The molecular weight excluding hydrogens is 457 g/mol. The molecule has 0 aliphatic rings. The number of anilines is 1. The molecule has 0 aliphatic heterocycles. The van der Waals surface area contributed by atoms with Gasteiger partial charge in [0.25, 0.3) is 5.91 Å². The van der Waals surface area contributed by atoms with Crippen LogP contribution in [0.1, 0.15) is 22.0 Å². The predicted octanol–water partition coefficient (Wildman–Crippen LogP) is 7.21. The van der Waals surface area contributed by atoms with Crippen LogP contribution in [-0.2, 0) is 0 Å². The van der Waals surface area contributed by atoms with Crippen molar-refractivity contribution in [2.24, 2.45) is 0 Å². The molecule has 0 heterocycles. The van der Waals surface area contributed by atoms with E-state index in [0.717, 1.165) is 17.4 Å². The van der Waals surface area contributed by atoms with Crippen molar-refractivity contribution in [3.8, 4) is 0 Å². The van der Waals surface area contributed by atoms with Crippen molar-refractivity contribution in [2.75, 3.05) is 11.1 Å². The summed E-state index contributed by atoms with van der Waals surface area (Å²) < 4.78 is 0. The smallest absolute Gasteiger partial charge is 0.258 e. The molecule has 0 aromatic heterocycles. The van der Waals surface area contributed by atoms with Gasteiger partial charge in [0.05, 0.1) is 6.04 Å². The summed E-state index contributed by atoms with van der Waals surface area (Å²) in [5, 5.41) is 2.61. The van der Waals surface area contributed by atoms with Gasteiger partial charge in [-0.05, 0) is 48.4 Å². The van der Waals surface area contributed by atoms with E-state index in [1.54, 1.807) is 0 Å². The van der Waals surface area contributed by atoms with Gasteiger partial charge >= 0.3 is 0 Å². The van der Waals surface area contributed by atoms with Crippen LogP contribution in [0.3, 0.4) is 0 Å². The predicted molar refractivity (Wildman–Crippen MR) is 153 cm³/mol. The summed E-state index contributed by atoms with van der Waals surface area (Å²) in [4.78, 5) is 16.1. The molecule has 0 fully saturated rings. The molecule has 176 valence electrons. The van der Waals surface area contributed by atoms with Gasteiger partial charge in [-0.25, -0.2) is 0 Å². The minimum absolute atomic E-state index is 0.00623. The fraction of sp³-hybridized carbons (Fsp3) is 0.0606. The maximum atomic E-state index is 14.1. The van der Waals surface area contributed by atoms with Crippen molar-refractivity contribution in [1.29, 1.82) is 0 Å². The highest BCUT2D eigenvalue weighted by atomic mass is 31.1. The van der Waals surface area contributed by atoms with Gasteiger partial charge in [0.2, 0.25) is 0 Å². The zero-order valence-electron chi connectivity index (χ0n) is 20.0. The number of nitrogens with zero attached hydrogens (tertiary/aromatic N) is 1. The molecule has 0 spiro atoms. The average molecular weight is 486 g/mol.